The first kappa shape index (κ1) is 16.1. The smallest absolute Gasteiger partial charge is 0.248 e. The Bertz CT molecular complexity index is 713. The number of hydrogen-bond donors (Lipinski definition) is 1. The number of halogens is 3. The highest BCUT2D eigenvalue weighted by Gasteiger charge is 2.03. The van der Waals surface area contributed by atoms with Crippen molar-refractivity contribution in [3.63, 3.8) is 0 Å². The van der Waals surface area contributed by atoms with Crippen LogP contribution in [0.4, 0.5) is 5.69 Å². The Hall–Kier alpha value is -1.29. The molecule has 0 aliphatic heterocycles. The Morgan fingerprint density at radius 1 is 1.14 bits per heavy atom. The van der Waals surface area contributed by atoms with Gasteiger partial charge in [0.1, 0.15) is 0 Å². The molecular formula is C16H12BrCl2NO. The Balaban J connectivity index is 2.07. The lowest BCUT2D eigenvalue weighted by atomic mass is 10.2. The highest BCUT2D eigenvalue weighted by Crippen LogP contribution is 2.24. The normalized spacial score (nSPS) is 10.9. The summed E-state index contributed by atoms with van der Waals surface area (Å²) >= 11 is 15.2. The molecule has 108 valence electrons. The topological polar surface area (TPSA) is 29.1 Å². The van der Waals surface area contributed by atoms with Gasteiger partial charge in [0, 0.05) is 10.5 Å². The van der Waals surface area contributed by atoms with Crippen molar-refractivity contribution in [2.75, 3.05) is 5.32 Å². The number of aryl methyl sites for hydroxylation is 1. The summed E-state index contributed by atoms with van der Waals surface area (Å²) in [6, 6.07) is 10.9. The summed E-state index contributed by atoms with van der Waals surface area (Å²) in [7, 11) is 0. The van der Waals surface area contributed by atoms with Crippen LogP contribution in [-0.4, -0.2) is 5.91 Å². The van der Waals surface area contributed by atoms with Gasteiger partial charge in [0.15, 0.2) is 0 Å². The molecule has 21 heavy (non-hydrogen) atoms. The molecule has 0 aliphatic rings. The first-order chi connectivity index (χ1) is 9.95. The fraction of sp³-hybridized carbons (Fsp3) is 0.0625. The van der Waals surface area contributed by atoms with E-state index >= 15 is 0 Å². The van der Waals surface area contributed by atoms with Gasteiger partial charge in [0.05, 0.1) is 15.7 Å². The molecule has 1 N–H and O–H groups in total. The van der Waals surface area contributed by atoms with Crippen LogP contribution >= 0.6 is 39.1 Å². The Morgan fingerprint density at radius 2 is 1.90 bits per heavy atom. The molecule has 0 heterocycles. The fourth-order valence-electron chi connectivity index (χ4n) is 1.68. The van der Waals surface area contributed by atoms with Crippen molar-refractivity contribution < 1.29 is 4.79 Å². The molecule has 0 atom stereocenters. The van der Waals surface area contributed by atoms with Crippen molar-refractivity contribution in [1.29, 1.82) is 0 Å². The van der Waals surface area contributed by atoms with Crippen LogP contribution in [0.5, 0.6) is 0 Å². The molecule has 5 heteroatoms. The van der Waals surface area contributed by atoms with Gasteiger partial charge >= 0.3 is 0 Å². The number of carbonyl (C=O) groups excluding carboxylic acids is 1. The van der Waals surface area contributed by atoms with Crippen molar-refractivity contribution >= 4 is 56.8 Å². The van der Waals surface area contributed by atoms with E-state index in [1.807, 2.05) is 25.1 Å². The van der Waals surface area contributed by atoms with Crippen LogP contribution in [0.1, 0.15) is 11.1 Å². The van der Waals surface area contributed by atoms with E-state index in [0.717, 1.165) is 21.3 Å². The third-order valence-corrected chi connectivity index (χ3v) is 4.15. The molecule has 2 aromatic rings. The van der Waals surface area contributed by atoms with Gasteiger partial charge in [-0.2, -0.15) is 0 Å². The van der Waals surface area contributed by atoms with Gasteiger partial charge < -0.3 is 5.32 Å². The molecule has 2 rings (SSSR count). The second-order valence-electron chi connectivity index (χ2n) is 4.48. The van der Waals surface area contributed by atoms with E-state index in [2.05, 4.69) is 21.2 Å². The molecule has 0 bridgehead atoms. The molecular weight excluding hydrogens is 373 g/mol. The number of nitrogens with one attached hydrogen (secondary N) is 1. The van der Waals surface area contributed by atoms with Crippen molar-refractivity contribution in [2.45, 2.75) is 6.92 Å². The molecule has 0 fully saturated rings. The molecule has 0 radical (unpaired) electrons. The number of benzene rings is 2. The van der Waals surface area contributed by atoms with E-state index in [9.17, 15) is 4.79 Å². The minimum atomic E-state index is -0.217. The van der Waals surface area contributed by atoms with E-state index in [0.29, 0.717) is 10.0 Å². The monoisotopic (exact) mass is 383 g/mol. The van der Waals surface area contributed by atoms with Crippen LogP contribution < -0.4 is 5.32 Å². The summed E-state index contributed by atoms with van der Waals surface area (Å²) in [5.74, 6) is -0.217. The number of anilines is 1. The second kappa shape index (κ2) is 7.12. The minimum absolute atomic E-state index is 0.217. The molecule has 0 unspecified atom stereocenters. The maximum atomic E-state index is 11.9. The number of hydrogen-bond acceptors (Lipinski definition) is 1. The highest BCUT2D eigenvalue weighted by molar-refractivity contribution is 9.10. The zero-order valence-corrected chi connectivity index (χ0v) is 14.3. The van der Waals surface area contributed by atoms with Crippen molar-refractivity contribution in [2.24, 2.45) is 0 Å². The Morgan fingerprint density at radius 3 is 2.57 bits per heavy atom. The number of carbonyl (C=O) groups is 1. The van der Waals surface area contributed by atoms with E-state index < -0.39 is 0 Å². The predicted molar refractivity (Wildman–Crippen MR) is 93.0 cm³/mol. The van der Waals surface area contributed by atoms with Crippen LogP contribution in [0, 0.1) is 6.92 Å². The lowest BCUT2D eigenvalue weighted by Crippen LogP contribution is -2.08. The third-order valence-electron chi connectivity index (χ3n) is 2.75. The predicted octanol–water partition coefficient (Wildman–Crippen LogP) is 5.72. The zero-order chi connectivity index (χ0) is 15.4. The van der Waals surface area contributed by atoms with Crippen molar-refractivity contribution in [3.8, 4) is 0 Å². The van der Waals surface area contributed by atoms with Crippen LogP contribution in [0.25, 0.3) is 6.08 Å². The first-order valence-corrected chi connectivity index (χ1v) is 7.71. The lowest BCUT2D eigenvalue weighted by molar-refractivity contribution is -0.111. The summed E-state index contributed by atoms with van der Waals surface area (Å²) in [6.07, 6.45) is 3.13. The van der Waals surface area contributed by atoms with E-state index in [4.69, 9.17) is 23.2 Å². The van der Waals surface area contributed by atoms with Gasteiger partial charge in [0.2, 0.25) is 5.91 Å². The van der Waals surface area contributed by atoms with Gasteiger partial charge in [-0.3, -0.25) is 4.79 Å². The molecule has 1 amide bonds. The van der Waals surface area contributed by atoms with Crippen molar-refractivity contribution in [1.82, 2.24) is 0 Å². The second-order valence-corrected chi connectivity index (χ2v) is 6.15. The average molecular weight is 385 g/mol. The third kappa shape index (κ3) is 4.60. The van der Waals surface area contributed by atoms with Gasteiger partial charge in [-0.1, -0.05) is 35.3 Å². The molecule has 0 saturated heterocycles. The first-order valence-electron chi connectivity index (χ1n) is 6.16. The summed E-state index contributed by atoms with van der Waals surface area (Å²) < 4.78 is 0.846. The van der Waals surface area contributed by atoms with Crippen LogP contribution in [-0.2, 0) is 4.79 Å². The quantitative estimate of drug-likeness (QED) is 0.674. The lowest BCUT2D eigenvalue weighted by Gasteiger charge is -2.05. The van der Waals surface area contributed by atoms with E-state index in [-0.39, 0.29) is 5.91 Å². The maximum Gasteiger partial charge on any atom is 0.248 e. The standard InChI is InChI=1S/C16H12BrCl2NO/c1-10-2-6-15(12(17)8-10)20-16(21)7-4-11-3-5-13(18)14(19)9-11/h2-9H,1H3,(H,20,21)/b7-4+. The van der Waals surface area contributed by atoms with E-state index in [1.54, 1.807) is 24.3 Å². The fourth-order valence-corrected chi connectivity index (χ4v) is 2.58. The maximum absolute atomic E-state index is 11.9. The molecule has 0 aliphatic carbocycles. The Kier molecular flexibility index (Phi) is 5.45. The van der Waals surface area contributed by atoms with Crippen LogP contribution in [0.15, 0.2) is 46.9 Å². The number of rotatable bonds is 3. The van der Waals surface area contributed by atoms with Crippen LogP contribution in [0.2, 0.25) is 10.0 Å². The molecule has 2 aromatic carbocycles. The molecule has 0 aromatic heterocycles. The van der Waals surface area contributed by atoms with E-state index in [1.165, 1.54) is 6.08 Å². The highest BCUT2D eigenvalue weighted by atomic mass is 79.9. The SMILES string of the molecule is Cc1ccc(NC(=O)/C=C/c2ccc(Cl)c(Cl)c2)c(Br)c1. The van der Waals surface area contributed by atoms with Crippen LogP contribution in [0.3, 0.4) is 0 Å². The van der Waals surface area contributed by atoms with Gasteiger partial charge in [-0.05, 0) is 64.3 Å². The zero-order valence-electron chi connectivity index (χ0n) is 11.2. The Labute approximate surface area is 141 Å². The minimum Gasteiger partial charge on any atom is -0.321 e. The summed E-state index contributed by atoms with van der Waals surface area (Å²) in [4.78, 5) is 11.9. The molecule has 0 saturated carbocycles. The summed E-state index contributed by atoms with van der Waals surface area (Å²) in [6.45, 7) is 1.99. The molecule has 0 spiro atoms. The van der Waals surface area contributed by atoms with Crippen molar-refractivity contribution in [3.05, 3.63) is 68.1 Å². The van der Waals surface area contributed by atoms with Gasteiger partial charge in [0.25, 0.3) is 0 Å². The van der Waals surface area contributed by atoms with Gasteiger partial charge in [-0.25, -0.2) is 0 Å². The number of amides is 1. The average Bonchev–Trinajstić information content (AvgIpc) is 2.43. The van der Waals surface area contributed by atoms with Gasteiger partial charge in [-0.15, -0.1) is 0 Å². The summed E-state index contributed by atoms with van der Waals surface area (Å²) in [5.41, 5.74) is 2.65. The molecule has 2 nitrogen and oxygen atoms in total. The summed E-state index contributed by atoms with van der Waals surface area (Å²) in [5, 5.41) is 3.75. The largest absolute Gasteiger partial charge is 0.321 e.